The monoisotopic (exact) mass is 430 g/mol. The minimum Gasteiger partial charge on any atom is -0.490 e. The van der Waals surface area contributed by atoms with Crippen LogP contribution in [-0.4, -0.2) is 45.6 Å². The molecule has 2 aromatic carbocycles. The average Bonchev–Trinajstić information content (AvgIpc) is 3.42. The number of carbonyl (C=O) groups excluding carboxylic acids is 1. The van der Waals surface area contributed by atoms with Crippen LogP contribution in [-0.2, 0) is 11.3 Å². The highest BCUT2D eigenvalue weighted by atomic mass is 16.5. The summed E-state index contributed by atoms with van der Waals surface area (Å²) in [4.78, 5) is 14.9. The third-order valence-electron chi connectivity index (χ3n) is 5.83. The Morgan fingerprint density at radius 2 is 1.91 bits per heavy atom. The minimum atomic E-state index is -0.0165. The normalized spacial score (nSPS) is 18.1. The molecule has 0 N–H and O–H groups in total. The van der Waals surface area contributed by atoms with Gasteiger partial charge in [0.1, 0.15) is 5.69 Å². The third-order valence-corrected chi connectivity index (χ3v) is 5.83. The fourth-order valence-electron chi connectivity index (χ4n) is 4.25. The number of fused-ring (bicyclic) bond motifs is 1. The fourth-order valence-corrected chi connectivity index (χ4v) is 4.25. The number of hydrogen-bond donors (Lipinski definition) is 0. The first kappa shape index (κ1) is 20.3. The van der Waals surface area contributed by atoms with Crippen LogP contribution in [0.15, 0.2) is 60.8 Å². The first-order chi connectivity index (χ1) is 15.8. The maximum atomic E-state index is 13.0. The van der Waals surface area contributed by atoms with E-state index in [-0.39, 0.29) is 11.9 Å². The Morgan fingerprint density at radius 1 is 1.06 bits per heavy atom. The van der Waals surface area contributed by atoms with E-state index in [1.54, 1.807) is 16.8 Å². The molecule has 3 aromatic rings. The quantitative estimate of drug-likeness (QED) is 0.575. The number of benzene rings is 2. The van der Waals surface area contributed by atoms with E-state index in [1.807, 2.05) is 59.6 Å². The second-order valence-electron chi connectivity index (χ2n) is 8.11. The van der Waals surface area contributed by atoms with Gasteiger partial charge in [-0.1, -0.05) is 41.6 Å². The summed E-state index contributed by atoms with van der Waals surface area (Å²) >= 11 is 0. The summed E-state index contributed by atoms with van der Waals surface area (Å²) in [6.45, 7) is 2.70. The second-order valence-corrected chi connectivity index (χ2v) is 8.11. The van der Waals surface area contributed by atoms with Crippen LogP contribution in [0.4, 0.5) is 0 Å². The molecule has 1 fully saturated rings. The molecule has 2 aliphatic rings. The molecule has 2 aliphatic heterocycles. The maximum Gasteiger partial charge on any atom is 0.247 e. The Balaban J connectivity index is 1.26. The Bertz CT molecular complexity index is 1110. The molecule has 1 atom stereocenters. The van der Waals surface area contributed by atoms with Crippen molar-refractivity contribution in [3.05, 3.63) is 77.6 Å². The van der Waals surface area contributed by atoms with E-state index >= 15 is 0 Å². The lowest BCUT2D eigenvalue weighted by Gasteiger charge is -2.24. The Kier molecular flexibility index (Phi) is 5.87. The van der Waals surface area contributed by atoms with Gasteiger partial charge in [0.05, 0.1) is 32.0 Å². The lowest BCUT2D eigenvalue weighted by molar-refractivity contribution is -0.126. The summed E-state index contributed by atoms with van der Waals surface area (Å²) in [6.07, 6.45) is 7.97. The molecule has 7 nitrogen and oxygen atoms in total. The van der Waals surface area contributed by atoms with Crippen molar-refractivity contribution in [1.82, 2.24) is 19.9 Å². The Labute approximate surface area is 187 Å². The van der Waals surface area contributed by atoms with Gasteiger partial charge < -0.3 is 14.4 Å². The smallest absolute Gasteiger partial charge is 0.247 e. The Morgan fingerprint density at radius 3 is 2.78 bits per heavy atom. The summed E-state index contributed by atoms with van der Waals surface area (Å²) in [6, 6.07) is 16.2. The SMILES string of the molecule is O=C(C=Cc1cn(Cc2ccccc2)nn1)N1CCCC1c1ccc2c(c1)OCCCO2. The van der Waals surface area contributed by atoms with Crippen molar-refractivity contribution in [2.45, 2.75) is 31.8 Å². The molecule has 0 aliphatic carbocycles. The topological polar surface area (TPSA) is 69.5 Å². The second kappa shape index (κ2) is 9.26. The highest BCUT2D eigenvalue weighted by molar-refractivity contribution is 5.92. The molecule has 32 heavy (non-hydrogen) atoms. The first-order valence-electron chi connectivity index (χ1n) is 11.1. The van der Waals surface area contributed by atoms with E-state index in [0.717, 1.165) is 48.4 Å². The predicted octanol–water partition coefficient (Wildman–Crippen LogP) is 3.86. The molecule has 0 radical (unpaired) electrons. The molecule has 164 valence electrons. The Hall–Kier alpha value is -3.61. The van der Waals surface area contributed by atoms with Crippen molar-refractivity contribution < 1.29 is 14.3 Å². The van der Waals surface area contributed by atoms with Crippen molar-refractivity contribution in [3.8, 4) is 11.5 Å². The average molecular weight is 431 g/mol. The standard InChI is InChI=1S/C25H26N4O3/c30-25(12-10-21-18-28(27-26-21)17-19-6-2-1-3-7-19)29-13-4-8-22(29)20-9-11-23-24(16-20)32-15-5-14-31-23/h1-3,6-7,9-12,16,18,22H,4-5,8,13-15,17H2. The molecular formula is C25H26N4O3. The molecule has 0 spiro atoms. The number of amides is 1. The van der Waals surface area contributed by atoms with E-state index in [1.165, 1.54) is 0 Å². The molecule has 1 unspecified atom stereocenters. The lowest BCUT2D eigenvalue weighted by Crippen LogP contribution is -2.28. The fraction of sp³-hybridized carbons (Fsp3) is 0.320. The molecule has 5 rings (SSSR count). The van der Waals surface area contributed by atoms with Gasteiger partial charge >= 0.3 is 0 Å². The lowest BCUT2D eigenvalue weighted by atomic mass is 10.0. The van der Waals surface area contributed by atoms with Crippen molar-refractivity contribution in [2.75, 3.05) is 19.8 Å². The molecule has 3 heterocycles. The highest BCUT2D eigenvalue weighted by Crippen LogP contribution is 2.38. The number of ether oxygens (including phenoxy) is 2. The van der Waals surface area contributed by atoms with Gasteiger partial charge in [0.15, 0.2) is 11.5 Å². The van der Waals surface area contributed by atoms with Crippen molar-refractivity contribution in [2.24, 2.45) is 0 Å². The molecule has 7 heteroatoms. The largest absolute Gasteiger partial charge is 0.490 e. The first-order valence-corrected chi connectivity index (χ1v) is 11.1. The zero-order valence-electron chi connectivity index (χ0n) is 17.9. The number of likely N-dealkylation sites (tertiary alicyclic amines) is 1. The molecule has 0 saturated carbocycles. The summed E-state index contributed by atoms with van der Waals surface area (Å²) in [5.41, 5.74) is 2.90. The van der Waals surface area contributed by atoms with E-state index in [9.17, 15) is 4.79 Å². The molecule has 1 aromatic heterocycles. The minimum absolute atomic E-state index is 0.0165. The van der Waals surface area contributed by atoms with Crippen LogP contribution in [0.2, 0.25) is 0 Å². The van der Waals surface area contributed by atoms with Gasteiger partial charge in [-0.25, -0.2) is 4.68 Å². The summed E-state index contributed by atoms with van der Waals surface area (Å²) < 4.78 is 13.3. The number of nitrogens with zero attached hydrogens (tertiary/aromatic N) is 4. The number of carbonyl (C=O) groups is 1. The third kappa shape index (κ3) is 4.51. The molecule has 0 bridgehead atoms. The summed E-state index contributed by atoms with van der Waals surface area (Å²) in [5.74, 6) is 1.53. The molecule has 1 amide bonds. The summed E-state index contributed by atoms with van der Waals surface area (Å²) in [5, 5.41) is 8.33. The van der Waals surface area contributed by atoms with Gasteiger partial charge in [0.2, 0.25) is 5.91 Å². The highest BCUT2D eigenvalue weighted by Gasteiger charge is 2.29. The van der Waals surface area contributed by atoms with Crippen molar-refractivity contribution in [3.63, 3.8) is 0 Å². The van der Waals surface area contributed by atoms with Crippen LogP contribution < -0.4 is 9.47 Å². The van der Waals surface area contributed by atoms with Crippen LogP contribution in [0.5, 0.6) is 11.5 Å². The van der Waals surface area contributed by atoms with E-state index in [2.05, 4.69) is 10.3 Å². The number of hydrogen-bond acceptors (Lipinski definition) is 5. The van der Waals surface area contributed by atoms with Gasteiger partial charge in [0.25, 0.3) is 0 Å². The van der Waals surface area contributed by atoms with Gasteiger partial charge in [-0.05, 0) is 42.2 Å². The van der Waals surface area contributed by atoms with Crippen LogP contribution >= 0.6 is 0 Å². The zero-order chi connectivity index (χ0) is 21.8. The number of rotatable bonds is 5. The van der Waals surface area contributed by atoms with Crippen LogP contribution in [0, 0.1) is 0 Å². The molecular weight excluding hydrogens is 404 g/mol. The van der Waals surface area contributed by atoms with E-state index in [0.29, 0.717) is 25.5 Å². The van der Waals surface area contributed by atoms with Gasteiger partial charge in [0, 0.05) is 19.0 Å². The maximum absolute atomic E-state index is 13.0. The van der Waals surface area contributed by atoms with Crippen LogP contribution in [0.3, 0.4) is 0 Å². The summed E-state index contributed by atoms with van der Waals surface area (Å²) in [7, 11) is 0. The molecule has 1 saturated heterocycles. The predicted molar refractivity (Wildman–Crippen MR) is 120 cm³/mol. The van der Waals surface area contributed by atoms with E-state index in [4.69, 9.17) is 9.47 Å². The zero-order valence-corrected chi connectivity index (χ0v) is 17.9. The van der Waals surface area contributed by atoms with E-state index < -0.39 is 0 Å². The van der Waals surface area contributed by atoms with Crippen LogP contribution in [0.1, 0.15) is 42.1 Å². The van der Waals surface area contributed by atoms with Gasteiger partial charge in [-0.3, -0.25) is 4.79 Å². The van der Waals surface area contributed by atoms with Crippen LogP contribution in [0.25, 0.3) is 6.08 Å². The van der Waals surface area contributed by atoms with Gasteiger partial charge in [-0.15, -0.1) is 5.10 Å². The van der Waals surface area contributed by atoms with Crippen molar-refractivity contribution in [1.29, 1.82) is 0 Å². The van der Waals surface area contributed by atoms with Crippen molar-refractivity contribution >= 4 is 12.0 Å². The number of aromatic nitrogens is 3. The van der Waals surface area contributed by atoms with Gasteiger partial charge in [-0.2, -0.15) is 0 Å².